The first-order valence-corrected chi connectivity index (χ1v) is 9.26. The van der Waals surface area contributed by atoms with Crippen LogP contribution in [0.25, 0.3) is 11.4 Å². The second-order valence-electron chi connectivity index (χ2n) is 6.86. The maximum absolute atomic E-state index is 12.7. The first kappa shape index (κ1) is 20.3. The van der Waals surface area contributed by atoms with Crippen molar-refractivity contribution in [1.29, 1.82) is 0 Å². The maximum atomic E-state index is 12.7. The smallest absolute Gasteiger partial charge is 0.204 e. The molecule has 0 fully saturated rings. The lowest BCUT2D eigenvalue weighted by atomic mass is 10.1. The van der Waals surface area contributed by atoms with E-state index in [0.717, 1.165) is 11.3 Å². The quantitative estimate of drug-likeness (QED) is 0.513. The minimum absolute atomic E-state index is 0.0634. The van der Waals surface area contributed by atoms with E-state index in [4.69, 9.17) is 14.2 Å². The van der Waals surface area contributed by atoms with Crippen molar-refractivity contribution in [1.82, 2.24) is 20.2 Å². The van der Waals surface area contributed by atoms with Crippen LogP contribution in [0, 0.1) is 5.92 Å². The van der Waals surface area contributed by atoms with Gasteiger partial charge in [-0.3, -0.25) is 4.79 Å². The van der Waals surface area contributed by atoms with Crippen LogP contribution in [-0.2, 0) is 6.54 Å². The summed E-state index contributed by atoms with van der Waals surface area (Å²) in [5, 5.41) is 12.3. The molecule has 0 aliphatic carbocycles. The van der Waals surface area contributed by atoms with Gasteiger partial charge in [-0.25, -0.2) is 0 Å². The van der Waals surface area contributed by atoms with Gasteiger partial charge in [0, 0.05) is 5.56 Å². The normalized spacial score (nSPS) is 10.8. The molecule has 0 atom stereocenters. The number of hydrogen-bond acceptors (Lipinski definition) is 7. The van der Waals surface area contributed by atoms with Crippen LogP contribution in [0.4, 0.5) is 0 Å². The molecule has 1 aromatic heterocycles. The summed E-state index contributed by atoms with van der Waals surface area (Å²) in [7, 11) is 3.05. The van der Waals surface area contributed by atoms with E-state index in [1.54, 1.807) is 25.3 Å². The Kier molecular flexibility index (Phi) is 6.43. The molecule has 8 nitrogen and oxygen atoms in total. The fourth-order valence-corrected chi connectivity index (χ4v) is 2.63. The molecule has 0 aliphatic rings. The molecular weight excluding hydrogens is 372 g/mol. The number of rotatable bonds is 9. The molecule has 0 N–H and O–H groups in total. The molecule has 0 aliphatic heterocycles. The third kappa shape index (κ3) is 5.10. The van der Waals surface area contributed by atoms with Gasteiger partial charge in [-0.1, -0.05) is 13.8 Å². The van der Waals surface area contributed by atoms with Crippen LogP contribution in [0.2, 0.25) is 0 Å². The van der Waals surface area contributed by atoms with E-state index in [9.17, 15) is 4.79 Å². The van der Waals surface area contributed by atoms with Crippen molar-refractivity contribution in [3.63, 3.8) is 0 Å². The minimum Gasteiger partial charge on any atom is -0.497 e. The molecule has 0 amide bonds. The molecule has 0 saturated carbocycles. The molecular formula is C21H24N4O4. The van der Waals surface area contributed by atoms with E-state index in [2.05, 4.69) is 29.3 Å². The number of nitrogens with zero attached hydrogens (tertiary/aromatic N) is 4. The highest BCUT2D eigenvalue weighted by Crippen LogP contribution is 2.25. The monoisotopic (exact) mass is 396 g/mol. The highest BCUT2D eigenvalue weighted by atomic mass is 16.5. The van der Waals surface area contributed by atoms with Crippen LogP contribution in [0.1, 0.15) is 24.2 Å². The van der Waals surface area contributed by atoms with Crippen LogP contribution in [0.15, 0.2) is 42.5 Å². The van der Waals surface area contributed by atoms with Crippen LogP contribution < -0.4 is 14.2 Å². The summed E-state index contributed by atoms with van der Waals surface area (Å²) in [6.45, 7) is 4.79. The van der Waals surface area contributed by atoms with Gasteiger partial charge in [-0.15, -0.1) is 10.2 Å². The number of hydrogen-bond donors (Lipinski definition) is 0. The van der Waals surface area contributed by atoms with Crippen molar-refractivity contribution in [2.45, 2.75) is 20.4 Å². The summed E-state index contributed by atoms with van der Waals surface area (Å²) >= 11 is 0. The lowest BCUT2D eigenvalue weighted by Gasteiger charge is -2.09. The number of ketones is 1. The molecule has 0 spiro atoms. The molecule has 152 valence electrons. The van der Waals surface area contributed by atoms with Gasteiger partial charge in [0.05, 0.1) is 26.4 Å². The predicted octanol–water partition coefficient (Wildman–Crippen LogP) is 3.28. The zero-order valence-electron chi connectivity index (χ0n) is 17.0. The number of tetrazole rings is 1. The molecule has 0 saturated heterocycles. The molecule has 1 heterocycles. The average Bonchev–Trinajstić information content (AvgIpc) is 3.20. The van der Waals surface area contributed by atoms with Crippen LogP contribution >= 0.6 is 0 Å². The van der Waals surface area contributed by atoms with Gasteiger partial charge >= 0.3 is 0 Å². The Morgan fingerprint density at radius 3 is 2.41 bits per heavy atom. The van der Waals surface area contributed by atoms with Gasteiger partial charge in [0.15, 0.2) is 5.78 Å². The topological polar surface area (TPSA) is 88.4 Å². The second-order valence-corrected chi connectivity index (χ2v) is 6.86. The summed E-state index contributed by atoms with van der Waals surface area (Å²) < 4.78 is 16.1. The third-order valence-corrected chi connectivity index (χ3v) is 4.14. The van der Waals surface area contributed by atoms with Gasteiger partial charge in [-0.05, 0) is 53.6 Å². The van der Waals surface area contributed by atoms with E-state index < -0.39 is 0 Å². The largest absolute Gasteiger partial charge is 0.497 e. The summed E-state index contributed by atoms with van der Waals surface area (Å²) in [6, 6.07) is 12.5. The number of carbonyl (C=O) groups is 1. The average molecular weight is 396 g/mol. The van der Waals surface area contributed by atoms with Crippen LogP contribution in [0.3, 0.4) is 0 Å². The highest BCUT2D eigenvalue weighted by molar-refractivity contribution is 5.98. The number of carbonyl (C=O) groups excluding carboxylic acids is 1. The van der Waals surface area contributed by atoms with E-state index in [1.807, 2.05) is 24.3 Å². The van der Waals surface area contributed by atoms with Crippen LogP contribution in [-0.4, -0.2) is 46.8 Å². The van der Waals surface area contributed by atoms with Crippen molar-refractivity contribution in [3.05, 3.63) is 48.0 Å². The molecule has 29 heavy (non-hydrogen) atoms. The van der Waals surface area contributed by atoms with Gasteiger partial charge < -0.3 is 14.2 Å². The van der Waals surface area contributed by atoms with E-state index in [0.29, 0.717) is 35.4 Å². The first-order chi connectivity index (χ1) is 14.0. The molecule has 8 heteroatoms. The van der Waals surface area contributed by atoms with Crippen molar-refractivity contribution in [2.24, 2.45) is 5.92 Å². The van der Waals surface area contributed by atoms with Crippen molar-refractivity contribution in [2.75, 3.05) is 20.8 Å². The SMILES string of the molecule is COc1ccc(OC)c(C(=O)Cn2nnc(-c3ccc(OCC(C)C)cc3)n2)c1. The standard InChI is InChI=1S/C21H24N4O4/c1-14(2)13-29-16-7-5-15(6-8-16)21-22-24-25(23-21)12-19(26)18-11-17(27-3)9-10-20(18)28-4/h5-11,14H,12-13H2,1-4H3. The summed E-state index contributed by atoms with van der Waals surface area (Å²) in [5.74, 6) is 2.51. The lowest BCUT2D eigenvalue weighted by Crippen LogP contribution is -2.14. The number of benzene rings is 2. The van der Waals surface area contributed by atoms with Crippen molar-refractivity contribution >= 4 is 5.78 Å². The van der Waals surface area contributed by atoms with Gasteiger partial charge in [0.1, 0.15) is 23.8 Å². The Bertz CT molecular complexity index is 967. The number of aromatic nitrogens is 4. The summed E-state index contributed by atoms with van der Waals surface area (Å²) in [4.78, 5) is 14.0. The Hall–Kier alpha value is -3.42. The molecule has 0 radical (unpaired) electrons. The van der Waals surface area contributed by atoms with Gasteiger partial charge in [0.2, 0.25) is 5.82 Å². The Morgan fingerprint density at radius 1 is 1.03 bits per heavy atom. The zero-order chi connectivity index (χ0) is 20.8. The van der Waals surface area contributed by atoms with E-state index in [1.165, 1.54) is 11.9 Å². The molecule has 2 aromatic carbocycles. The molecule has 3 rings (SSSR count). The Balaban J connectivity index is 1.71. The predicted molar refractivity (Wildman–Crippen MR) is 107 cm³/mol. The minimum atomic E-state index is -0.206. The molecule has 3 aromatic rings. The zero-order valence-corrected chi connectivity index (χ0v) is 17.0. The lowest BCUT2D eigenvalue weighted by molar-refractivity contribution is 0.0958. The fraction of sp³-hybridized carbons (Fsp3) is 0.333. The molecule has 0 unspecified atom stereocenters. The maximum Gasteiger partial charge on any atom is 0.204 e. The van der Waals surface area contributed by atoms with Gasteiger partial charge in [0.25, 0.3) is 0 Å². The number of ether oxygens (including phenoxy) is 3. The number of methoxy groups -OCH3 is 2. The molecule has 0 bridgehead atoms. The summed E-state index contributed by atoms with van der Waals surface area (Å²) in [6.07, 6.45) is 0. The summed E-state index contributed by atoms with van der Waals surface area (Å²) in [5.41, 5.74) is 1.19. The van der Waals surface area contributed by atoms with E-state index in [-0.39, 0.29) is 12.3 Å². The highest BCUT2D eigenvalue weighted by Gasteiger charge is 2.16. The third-order valence-electron chi connectivity index (χ3n) is 4.14. The van der Waals surface area contributed by atoms with E-state index >= 15 is 0 Å². The van der Waals surface area contributed by atoms with Crippen LogP contribution in [0.5, 0.6) is 17.2 Å². The number of Topliss-reactive ketones (excluding diaryl/α,β-unsaturated/α-hetero) is 1. The fourth-order valence-electron chi connectivity index (χ4n) is 2.63. The Labute approximate surface area is 169 Å². The Morgan fingerprint density at radius 2 is 1.76 bits per heavy atom. The van der Waals surface area contributed by atoms with Gasteiger partial charge in [-0.2, -0.15) is 4.80 Å². The second kappa shape index (κ2) is 9.18. The first-order valence-electron chi connectivity index (χ1n) is 9.26. The van der Waals surface area contributed by atoms with Crippen molar-refractivity contribution < 1.29 is 19.0 Å². The van der Waals surface area contributed by atoms with Crippen molar-refractivity contribution in [3.8, 4) is 28.6 Å².